The number of rotatable bonds is 7. The highest BCUT2D eigenvalue weighted by Crippen LogP contribution is 2.15. The van der Waals surface area contributed by atoms with Gasteiger partial charge in [0.05, 0.1) is 18.8 Å². The van der Waals surface area contributed by atoms with E-state index in [1.807, 2.05) is 27.7 Å². The van der Waals surface area contributed by atoms with Gasteiger partial charge in [-0.05, 0) is 58.9 Å². The maximum Gasteiger partial charge on any atom is 0.179 e. The third kappa shape index (κ3) is 4.94. The lowest BCUT2D eigenvalue weighted by Crippen LogP contribution is -2.50. The van der Waals surface area contributed by atoms with Crippen LogP contribution in [0, 0.1) is 0 Å². The normalized spacial score (nSPS) is 13.3. The van der Waals surface area contributed by atoms with Crippen molar-refractivity contribution in [3.8, 4) is 5.75 Å². The first kappa shape index (κ1) is 16.7. The molecule has 1 aromatic carbocycles. The van der Waals surface area contributed by atoms with Crippen molar-refractivity contribution in [2.24, 2.45) is 0 Å². The number of Topliss-reactive ketones (excluding diaryl/α,β-unsaturated/α-hetero) is 1. The Labute approximate surface area is 121 Å². The first-order valence-corrected chi connectivity index (χ1v) is 6.94. The fraction of sp³-hybridized carbons (Fsp3) is 0.562. The molecule has 0 heterocycles. The zero-order valence-corrected chi connectivity index (χ0v) is 12.9. The topological polar surface area (TPSA) is 58.6 Å². The Morgan fingerprint density at radius 1 is 1.25 bits per heavy atom. The van der Waals surface area contributed by atoms with Crippen LogP contribution in [0.25, 0.3) is 0 Å². The molecule has 1 unspecified atom stereocenters. The number of hydrogen-bond acceptors (Lipinski definition) is 4. The first-order chi connectivity index (χ1) is 9.25. The van der Waals surface area contributed by atoms with E-state index >= 15 is 0 Å². The molecule has 112 valence electrons. The molecule has 0 aliphatic rings. The predicted octanol–water partition coefficient (Wildman–Crippen LogP) is 2.41. The number of carbonyl (C=O) groups excluding carboxylic acids is 1. The number of carbonyl (C=O) groups is 1. The van der Waals surface area contributed by atoms with Crippen LogP contribution in [-0.4, -0.2) is 35.2 Å². The van der Waals surface area contributed by atoms with Gasteiger partial charge < -0.3 is 15.2 Å². The standard InChI is InChI=1S/C16H25NO3/c1-11(2)20-14-8-6-13(7-9-14)15(19)12(3)17-16(4,5)10-18/h6-9,11-12,17-18H,10H2,1-5H3. The number of hydrogen-bond donors (Lipinski definition) is 2. The number of ether oxygens (including phenoxy) is 1. The van der Waals surface area contributed by atoms with Crippen LogP contribution in [0.1, 0.15) is 45.0 Å². The largest absolute Gasteiger partial charge is 0.491 e. The maximum atomic E-state index is 12.3. The van der Waals surface area contributed by atoms with Gasteiger partial charge in [-0.2, -0.15) is 0 Å². The molecule has 4 nitrogen and oxygen atoms in total. The fourth-order valence-corrected chi connectivity index (χ4v) is 1.92. The highest BCUT2D eigenvalue weighted by molar-refractivity contribution is 6.00. The summed E-state index contributed by atoms with van der Waals surface area (Å²) in [6.45, 7) is 9.42. The van der Waals surface area contributed by atoms with Gasteiger partial charge in [-0.3, -0.25) is 4.79 Å². The Morgan fingerprint density at radius 2 is 1.80 bits per heavy atom. The van der Waals surface area contributed by atoms with Crippen molar-refractivity contribution in [2.45, 2.75) is 52.3 Å². The number of benzene rings is 1. The van der Waals surface area contributed by atoms with E-state index in [0.717, 1.165) is 5.75 Å². The van der Waals surface area contributed by atoms with E-state index in [2.05, 4.69) is 5.32 Å². The molecule has 0 amide bonds. The highest BCUT2D eigenvalue weighted by atomic mass is 16.5. The number of nitrogens with one attached hydrogen (secondary N) is 1. The van der Waals surface area contributed by atoms with Gasteiger partial charge in [0.1, 0.15) is 5.75 Å². The van der Waals surface area contributed by atoms with Gasteiger partial charge in [0.15, 0.2) is 5.78 Å². The molecule has 2 N–H and O–H groups in total. The third-order valence-electron chi connectivity index (χ3n) is 2.91. The summed E-state index contributed by atoms with van der Waals surface area (Å²) in [5.74, 6) is 0.760. The molecule has 0 fully saturated rings. The average Bonchev–Trinajstić information content (AvgIpc) is 2.37. The minimum atomic E-state index is -0.476. The second kappa shape index (κ2) is 6.86. The van der Waals surface area contributed by atoms with Crippen molar-refractivity contribution in [1.82, 2.24) is 5.32 Å². The van der Waals surface area contributed by atoms with Gasteiger partial charge in [-0.15, -0.1) is 0 Å². The molecule has 0 aliphatic heterocycles. The van der Waals surface area contributed by atoms with Crippen molar-refractivity contribution in [2.75, 3.05) is 6.61 Å². The lowest BCUT2D eigenvalue weighted by Gasteiger charge is -2.27. The molecule has 0 aliphatic carbocycles. The van der Waals surface area contributed by atoms with E-state index < -0.39 is 5.54 Å². The van der Waals surface area contributed by atoms with Crippen molar-refractivity contribution in [1.29, 1.82) is 0 Å². The van der Waals surface area contributed by atoms with Crippen LogP contribution in [0.5, 0.6) is 5.75 Å². The van der Waals surface area contributed by atoms with E-state index in [-0.39, 0.29) is 24.5 Å². The molecule has 20 heavy (non-hydrogen) atoms. The number of aliphatic hydroxyl groups is 1. The lowest BCUT2D eigenvalue weighted by molar-refractivity contribution is 0.0911. The van der Waals surface area contributed by atoms with E-state index in [1.54, 1.807) is 31.2 Å². The minimum Gasteiger partial charge on any atom is -0.491 e. The van der Waals surface area contributed by atoms with Crippen molar-refractivity contribution in [3.63, 3.8) is 0 Å². The molecule has 0 aromatic heterocycles. The van der Waals surface area contributed by atoms with E-state index in [4.69, 9.17) is 4.74 Å². The Balaban J connectivity index is 2.72. The van der Waals surface area contributed by atoms with Crippen molar-refractivity contribution < 1.29 is 14.6 Å². The van der Waals surface area contributed by atoms with Crippen LogP contribution in [0.2, 0.25) is 0 Å². The van der Waals surface area contributed by atoms with Crippen LogP contribution < -0.4 is 10.1 Å². The summed E-state index contributed by atoms with van der Waals surface area (Å²) in [7, 11) is 0. The van der Waals surface area contributed by atoms with Crippen LogP contribution in [0.4, 0.5) is 0 Å². The maximum absolute atomic E-state index is 12.3. The zero-order chi connectivity index (χ0) is 15.3. The summed E-state index contributed by atoms with van der Waals surface area (Å²) in [4.78, 5) is 12.3. The molecule has 1 aromatic rings. The summed E-state index contributed by atoms with van der Waals surface area (Å²) in [6, 6.07) is 6.79. The smallest absolute Gasteiger partial charge is 0.179 e. The van der Waals surface area contributed by atoms with Crippen molar-refractivity contribution in [3.05, 3.63) is 29.8 Å². The SMILES string of the molecule is CC(C)Oc1ccc(C(=O)C(C)NC(C)(C)CO)cc1. The van der Waals surface area contributed by atoms with E-state index in [1.165, 1.54) is 0 Å². The molecule has 0 spiro atoms. The lowest BCUT2D eigenvalue weighted by atomic mass is 10.0. The van der Waals surface area contributed by atoms with Crippen LogP contribution in [0.3, 0.4) is 0 Å². The summed E-state index contributed by atoms with van der Waals surface area (Å²) in [5.41, 5.74) is 0.158. The van der Waals surface area contributed by atoms with Gasteiger partial charge >= 0.3 is 0 Å². The number of aliphatic hydroxyl groups excluding tert-OH is 1. The second-order valence-corrected chi connectivity index (χ2v) is 5.96. The summed E-state index contributed by atoms with van der Waals surface area (Å²) in [6.07, 6.45) is 0.113. The van der Waals surface area contributed by atoms with Crippen LogP contribution >= 0.6 is 0 Å². The molecule has 0 saturated carbocycles. The summed E-state index contributed by atoms with van der Waals surface area (Å²) >= 11 is 0. The molecule has 1 atom stereocenters. The predicted molar refractivity (Wildman–Crippen MR) is 80.3 cm³/mol. The van der Waals surface area contributed by atoms with Gasteiger partial charge in [0.2, 0.25) is 0 Å². The van der Waals surface area contributed by atoms with E-state index in [0.29, 0.717) is 5.56 Å². The van der Waals surface area contributed by atoms with Crippen molar-refractivity contribution >= 4 is 5.78 Å². The number of ketones is 1. The monoisotopic (exact) mass is 279 g/mol. The average molecular weight is 279 g/mol. The second-order valence-electron chi connectivity index (χ2n) is 5.96. The fourth-order valence-electron chi connectivity index (χ4n) is 1.92. The Hall–Kier alpha value is -1.39. The van der Waals surface area contributed by atoms with Gasteiger partial charge in [0.25, 0.3) is 0 Å². The zero-order valence-electron chi connectivity index (χ0n) is 12.9. The van der Waals surface area contributed by atoms with E-state index in [9.17, 15) is 9.90 Å². The van der Waals surface area contributed by atoms with Gasteiger partial charge in [0, 0.05) is 11.1 Å². The molecular formula is C16H25NO3. The Bertz CT molecular complexity index is 438. The quantitative estimate of drug-likeness (QED) is 0.753. The first-order valence-electron chi connectivity index (χ1n) is 6.94. The Morgan fingerprint density at radius 3 is 2.25 bits per heavy atom. The molecule has 1 rings (SSSR count). The van der Waals surface area contributed by atoms with Gasteiger partial charge in [-0.1, -0.05) is 0 Å². The minimum absolute atomic E-state index is 0.00243. The van der Waals surface area contributed by atoms with Crippen LogP contribution in [0.15, 0.2) is 24.3 Å². The van der Waals surface area contributed by atoms with Gasteiger partial charge in [-0.25, -0.2) is 0 Å². The third-order valence-corrected chi connectivity index (χ3v) is 2.91. The molecule has 0 saturated heterocycles. The molecule has 0 bridgehead atoms. The summed E-state index contributed by atoms with van der Waals surface area (Å²) in [5, 5.41) is 12.3. The molecule has 4 heteroatoms. The van der Waals surface area contributed by atoms with Crippen LogP contribution in [-0.2, 0) is 0 Å². The molecule has 0 radical (unpaired) electrons. The summed E-state index contributed by atoms with van der Waals surface area (Å²) < 4.78 is 5.55. The molecular weight excluding hydrogens is 254 g/mol. The highest BCUT2D eigenvalue weighted by Gasteiger charge is 2.23. The Kier molecular flexibility index (Phi) is 5.72.